The number of nitriles is 1. The van der Waals surface area contributed by atoms with Crippen molar-refractivity contribution in [1.82, 2.24) is 14.9 Å². The summed E-state index contributed by atoms with van der Waals surface area (Å²) < 4.78 is 0. The quantitative estimate of drug-likeness (QED) is 0.782. The van der Waals surface area contributed by atoms with Gasteiger partial charge in [0.2, 0.25) is 0 Å². The summed E-state index contributed by atoms with van der Waals surface area (Å²) >= 11 is 0. The molecule has 120 valence electrons. The second-order valence-electron chi connectivity index (χ2n) is 6.70. The molecule has 0 bridgehead atoms. The summed E-state index contributed by atoms with van der Waals surface area (Å²) in [5.41, 5.74) is 1.65. The Morgan fingerprint density at radius 3 is 2.92 bits per heavy atom. The molecule has 4 nitrogen and oxygen atoms in total. The molecule has 3 heterocycles. The maximum Gasteiger partial charge on any atom is 0.102 e. The Kier molecular flexibility index (Phi) is 3.59. The molecular formula is C20H20N4. The van der Waals surface area contributed by atoms with Crippen LogP contribution in [0.4, 0.5) is 0 Å². The summed E-state index contributed by atoms with van der Waals surface area (Å²) in [5, 5.41) is 12.4. The number of H-pyrrole nitrogens is 1. The van der Waals surface area contributed by atoms with Crippen molar-refractivity contribution in [1.29, 1.82) is 5.26 Å². The number of fused-ring (bicyclic) bond motifs is 1. The Morgan fingerprint density at radius 2 is 2.12 bits per heavy atom. The van der Waals surface area contributed by atoms with Gasteiger partial charge < -0.3 is 4.98 Å². The average Bonchev–Trinajstić information content (AvgIpc) is 3.11. The smallest absolute Gasteiger partial charge is 0.102 e. The number of hydrogen-bond donors (Lipinski definition) is 1. The molecule has 2 atom stereocenters. The maximum atomic E-state index is 9.97. The highest BCUT2D eigenvalue weighted by Crippen LogP contribution is 2.42. The van der Waals surface area contributed by atoms with Crippen LogP contribution in [0.3, 0.4) is 0 Å². The van der Waals surface area contributed by atoms with Crippen LogP contribution in [0, 0.1) is 11.3 Å². The van der Waals surface area contributed by atoms with Crippen LogP contribution in [0.15, 0.2) is 55.0 Å². The van der Waals surface area contributed by atoms with Gasteiger partial charge in [0.05, 0.1) is 11.8 Å². The van der Waals surface area contributed by atoms with Crippen LogP contribution in [0.2, 0.25) is 0 Å². The number of aromatic nitrogens is 2. The van der Waals surface area contributed by atoms with Crippen LogP contribution in [-0.4, -0.2) is 28.5 Å². The van der Waals surface area contributed by atoms with Gasteiger partial charge in [-0.1, -0.05) is 18.2 Å². The van der Waals surface area contributed by atoms with Crippen molar-refractivity contribution in [2.24, 2.45) is 0 Å². The van der Waals surface area contributed by atoms with Gasteiger partial charge in [-0.3, -0.25) is 9.88 Å². The van der Waals surface area contributed by atoms with Gasteiger partial charge in [0, 0.05) is 31.2 Å². The SMILES string of the molecule is CN1CCC(C#N)(c2ccccn2)CC1c1ccc2c[nH]cc2c1. The third-order valence-corrected chi connectivity index (χ3v) is 5.31. The van der Waals surface area contributed by atoms with E-state index in [2.05, 4.69) is 46.2 Å². The highest BCUT2D eigenvalue weighted by Gasteiger charge is 2.42. The Labute approximate surface area is 141 Å². The predicted octanol–water partition coefficient (Wildman–Crippen LogP) is 3.79. The van der Waals surface area contributed by atoms with Gasteiger partial charge in [0.25, 0.3) is 0 Å². The molecule has 1 aliphatic rings. The third kappa shape index (κ3) is 2.38. The molecule has 24 heavy (non-hydrogen) atoms. The van der Waals surface area contributed by atoms with E-state index in [0.717, 1.165) is 25.1 Å². The van der Waals surface area contributed by atoms with Crippen LogP contribution in [-0.2, 0) is 5.41 Å². The number of nitrogens with zero attached hydrogens (tertiary/aromatic N) is 3. The lowest BCUT2D eigenvalue weighted by atomic mass is 9.72. The van der Waals surface area contributed by atoms with Crippen molar-refractivity contribution in [2.45, 2.75) is 24.3 Å². The number of benzene rings is 1. The van der Waals surface area contributed by atoms with Crippen LogP contribution < -0.4 is 0 Å². The summed E-state index contributed by atoms with van der Waals surface area (Å²) in [4.78, 5) is 10.0. The molecule has 1 aromatic carbocycles. The van der Waals surface area contributed by atoms with E-state index in [1.165, 1.54) is 16.3 Å². The minimum Gasteiger partial charge on any atom is -0.366 e. The molecule has 1 saturated heterocycles. The van der Waals surface area contributed by atoms with Crippen LogP contribution >= 0.6 is 0 Å². The van der Waals surface area contributed by atoms with E-state index in [0.29, 0.717) is 0 Å². The molecule has 2 unspecified atom stereocenters. The van der Waals surface area contributed by atoms with E-state index in [1.54, 1.807) is 6.20 Å². The molecule has 1 N–H and O–H groups in total. The fraction of sp³-hybridized carbons (Fsp3) is 0.300. The fourth-order valence-corrected chi connectivity index (χ4v) is 3.80. The molecular weight excluding hydrogens is 296 g/mol. The summed E-state index contributed by atoms with van der Waals surface area (Å²) in [6.07, 6.45) is 7.41. The molecule has 3 aromatic rings. The fourth-order valence-electron chi connectivity index (χ4n) is 3.80. The highest BCUT2D eigenvalue weighted by atomic mass is 15.1. The molecule has 4 rings (SSSR count). The Balaban J connectivity index is 1.73. The van der Waals surface area contributed by atoms with Crippen molar-refractivity contribution < 1.29 is 0 Å². The highest BCUT2D eigenvalue weighted by molar-refractivity contribution is 5.82. The zero-order valence-electron chi connectivity index (χ0n) is 13.7. The molecule has 0 spiro atoms. The van der Waals surface area contributed by atoms with Gasteiger partial charge in [0.15, 0.2) is 0 Å². The van der Waals surface area contributed by atoms with Crippen LogP contribution in [0.5, 0.6) is 0 Å². The zero-order chi connectivity index (χ0) is 16.6. The minimum absolute atomic E-state index is 0.222. The van der Waals surface area contributed by atoms with Gasteiger partial charge >= 0.3 is 0 Å². The van der Waals surface area contributed by atoms with Crippen molar-refractivity contribution in [2.75, 3.05) is 13.6 Å². The molecule has 1 aliphatic heterocycles. The zero-order valence-corrected chi connectivity index (χ0v) is 13.7. The number of likely N-dealkylation sites (tertiary alicyclic amines) is 1. The topological polar surface area (TPSA) is 55.7 Å². The Morgan fingerprint density at radius 1 is 1.25 bits per heavy atom. The summed E-state index contributed by atoms with van der Waals surface area (Å²) in [5.74, 6) is 0. The standard InChI is InChI=1S/C20H20N4/c1-24-9-7-20(14-21,19-4-2-3-8-23-19)11-18(24)15-5-6-16-12-22-13-17(16)10-15/h2-6,8,10,12-13,18,22H,7,9,11H2,1H3. The first-order chi connectivity index (χ1) is 11.7. The molecule has 0 aliphatic carbocycles. The Hall–Kier alpha value is -2.64. The molecule has 1 fully saturated rings. The van der Waals surface area contributed by atoms with Gasteiger partial charge in [-0.05, 0) is 54.4 Å². The van der Waals surface area contributed by atoms with Crippen LogP contribution in [0.1, 0.15) is 30.1 Å². The maximum absolute atomic E-state index is 9.97. The first kappa shape index (κ1) is 14.9. The molecule has 0 radical (unpaired) electrons. The van der Waals surface area contributed by atoms with Crippen molar-refractivity contribution in [3.05, 3.63) is 66.2 Å². The lowest BCUT2D eigenvalue weighted by Crippen LogP contribution is -2.42. The lowest BCUT2D eigenvalue weighted by Gasteiger charge is -2.41. The normalized spacial score (nSPS) is 24.8. The van der Waals surface area contributed by atoms with Crippen LogP contribution in [0.25, 0.3) is 10.8 Å². The van der Waals surface area contributed by atoms with E-state index >= 15 is 0 Å². The molecule has 0 saturated carbocycles. The van der Waals surface area contributed by atoms with Crippen molar-refractivity contribution in [3.8, 4) is 6.07 Å². The number of piperidine rings is 1. The molecule has 4 heteroatoms. The number of pyridine rings is 1. The first-order valence-electron chi connectivity index (χ1n) is 8.31. The van der Waals surface area contributed by atoms with E-state index in [9.17, 15) is 5.26 Å². The summed E-state index contributed by atoms with van der Waals surface area (Å²) in [7, 11) is 2.14. The lowest BCUT2D eigenvalue weighted by molar-refractivity contribution is 0.142. The van der Waals surface area contributed by atoms with E-state index in [1.807, 2.05) is 30.6 Å². The average molecular weight is 316 g/mol. The largest absolute Gasteiger partial charge is 0.366 e. The monoisotopic (exact) mass is 316 g/mol. The molecule has 2 aromatic heterocycles. The van der Waals surface area contributed by atoms with E-state index < -0.39 is 5.41 Å². The Bertz CT molecular complexity index is 893. The first-order valence-corrected chi connectivity index (χ1v) is 8.31. The summed E-state index contributed by atoms with van der Waals surface area (Å²) in [6.45, 7) is 0.889. The number of rotatable bonds is 2. The van der Waals surface area contributed by atoms with Crippen molar-refractivity contribution >= 4 is 10.8 Å². The summed E-state index contributed by atoms with van der Waals surface area (Å²) in [6, 6.07) is 15.2. The second kappa shape index (κ2) is 5.77. The van der Waals surface area contributed by atoms with E-state index in [-0.39, 0.29) is 6.04 Å². The number of hydrogen-bond acceptors (Lipinski definition) is 3. The van der Waals surface area contributed by atoms with Crippen molar-refractivity contribution in [3.63, 3.8) is 0 Å². The number of aromatic amines is 1. The van der Waals surface area contributed by atoms with E-state index in [4.69, 9.17) is 0 Å². The second-order valence-corrected chi connectivity index (χ2v) is 6.70. The van der Waals surface area contributed by atoms with Gasteiger partial charge in [0.1, 0.15) is 5.41 Å². The predicted molar refractivity (Wildman–Crippen MR) is 94.4 cm³/mol. The van der Waals surface area contributed by atoms with Gasteiger partial charge in [-0.25, -0.2) is 0 Å². The molecule has 0 amide bonds. The number of nitrogens with one attached hydrogen (secondary N) is 1. The van der Waals surface area contributed by atoms with Gasteiger partial charge in [-0.2, -0.15) is 5.26 Å². The minimum atomic E-state index is -0.508. The third-order valence-electron chi connectivity index (χ3n) is 5.31. The van der Waals surface area contributed by atoms with Gasteiger partial charge in [-0.15, -0.1) is 0 Å².